The molecule has 3 nitrogen and oxygen atoms in total. The molecule has 0 fully saturated rings. The molecule has 0 aromatic carbocycles. The molecule has 0 aliphatic rings. The summed E-state index contributed by atoms with van der Waals surface area (Å²) in [6.45, 7) is 3.34. The van der Waals surface area contributed by atoms with Crippen molar-refractivity contribution in [1.82, 2.24) is 0 Å². The first-order valence-electron chi connectivity index (χ1n) is 4.11. The Kier molecular flexibility index (Phi) is 4.49. The molecular weight excluding hydrogens is 188 g/mol. The zero-order valence-corrected chi connectivity index (χ0v) is 8.30. The third-order valence-corrected chi connectivity index (χ3v) is 2.11. The third kappa shape index (κ3) is 3.57. The van der Waals surface area contributed by atoms with Crippen molar-refractivity contribution in [1.29, 1.82) is 0 Å². The normalized spacial score (nSPS) is 9.92. The average molecular weight is 200 g/mol. The van der Waals surface area contributed by atoms with Crippen molar-refractivity contribution in [2.75, 3.05) is 19.8 Å². The van der Waals surface area contributed by atoms with Crippen molar-refractivity contribution in [3.8, 4) is 0 Å². The maximum Gasteiger partial charge on any atom is 0.339 e. The predicted molar refractivity (Wildman–Crippen MR) is 51.1 cm³/mol. The van der Waals surface area contributed by atoms with Crippen molar-refractivity contribution in [2.45, 2.75) is 6.92 Å². The summed E-state index contributed by atoms with van der Waals surface area (Å²) in [6, 6.07) is 1.74. The molecule has 13 heavy (non-hydrogen) atoms. The zero-order valence-electron chi connectivity index (χ0n) is 7.49. The summed E-state index contributed by atoms with van der Waals surface area (Å²) in [5.41, 5.74) is 0.612. The number of ether oxygens (including phenoxy) is 2. The zero-order chi connectivity index (χ0) is 9.52. The molecule has 1 heterocycles. The van der Waals surface area contributed by atoms with Crippen molar-refractivity contribution in [3.05, 3.63) is 22.4 Å². The molecule has 1 rings (SSSR count). The van der Waals surface area contributed by atoms with Gasteiger partial charge in [0.05, 0.1) is 12.2 Å². The van der Waals surface area contributed by atoms with Crippen molar-refractivity contribution >= 4 is 17.3 Å². The van der Waals surface area contributed by atoms with E-state index in [9.17, 15) is 4.79 Å². The molecule has 0 atom stereocenters. The molecule has 0 saturated heterocycles. The quantitative estimate of drug-likeness (QED) is 0.538. The Morgan fingerprint density at radius 1 is 1.54 bits per heavy atom. The van der Waals surface area contributed by atoms with E-state index in [1.54, 1.807) is 11.4 Å². The van der Waals surface area contributed by atoms with Crippen molar-refractivity contribution in [3.63, 3.8) is 0 Å². The summed E-state index contributed by atoms with van der Waals surface area (Å²) >= 11 is 1.48. The molecule has 0 aliphatic heterocycles. The lowest BCUT2D eigenvalue weighted by molar-refractivity contribution is 0.0336. The molecule has 0 N–H and O–H groups in total. The molecular formula is C9H12O3S. The number of hydrogen-bond acceptors (Lipinski definition) is 4. The summed E-state index contributed by atoms with van der Waals surface area (Å²) in [5, 5.41) is 3.61. The van der Waals surface area contributed by atoms with Gasteiger partial charge in [0.15, 0.2) is 0 Å². The minimum absolute atomic E-state index is 0.277. The molecule has 0 bridgehead atoms. The van der Waals surface area contributed by atoms with Gasteiger partial charge in [0, 0.05) is 12.0 Å². The Hall–Kier alpha value is -0.870. The van der Waals surface area contributed by atoms with Crippen LogP contribution >= 0.6 is 11.3 Å². The van der Waals surface area contributed by atoms with Gasteiger partial charge in [-0.2, -0.15) is 11.3 Å². The highest BCUT2D eigenvalue weighted by Crippen LogP contribution is 2.06. The number of thiophene rings is 1. The summed E-state index contributed by atoms with van der Waals surface area (Å²) < 4.78 is 9.96. The monoisotopic (exact) mass is 200 g/mol. The van der Waals surface area contributed by atoms with E-state index in [4.69, 9.17) is 9.47 Å². The average Bonchev–Trinajstić information content (AvgIpc) is 2.65. The molecule has 1 aromatic rings. The molecule has 4 heteroatoms. The van der Waals surface area contributed by atoms with Gasteiger partial charge < -0.3 is 9.47 Å². The second-order valence-electron chi connectivity index (χ2n) is 2.34. The number of rotatable bonds is 5. The minimum Gasteiger partial charge on any atom is -0.460 e. The fourth-order valence-corrected chi connectivity index (χ4v) is 1.43. The Morgan fingerprint density at radius 2 is 2.38 bits per heavy atom. The molecule has 0 spiro atoms. The van der Waals surface area contributed by atoms with Crippen LogP contribution in [0.25, 0.3) is 0 Å². The Morgan fingerprint density at radius 3 is 3.00 bits per heavy atom. The molecule has 72 valence electrons. The van der Waals surface area contributed by atoms with E-state index in [0.29, 0.717) is 25.4 Å². The van der Waals surface area contributed by atoms with Gasteiger partial charge in [-0.05, 0) is 18.4 Å². The largest absolute Gasteiger partial charge is 0.460 e. The molecule has 0 aliphatic carbocycles. The predicted octanol–water partition coefficient (Wildman–Crippen LogP) is 1.94. The molecule has 0 saturated carbocycles. The van der Waals surface area contributed by atoms with E-state index >= 15 is 0 Å². The Labute approximate surface area is 81.3 Å². The van der Waals surface area contributed by atoms with E-state index in [-0.39, 0.29) is 5.97 Å². The van der Waals surface area contributed by atoms with E-state index in [1.165, 1.54) is 11.3 Å². The van der Waals surface area contributed by atoms with E-state index in [1.807, 2.05) is 12.3 Å². The van der Waals surface area contributed by atoms with Crippen LogP contribution in [0, 0.1) is 0 Å². The first-order valence-corrected chi connectivity index (χ1v) is 5.06. The second kappa shape index (κ2) is 5.72. The number of esters is 1. The van der Waals surface area contributed by atoms with Gasteiger partial charge in [-0.3, -0.25) is 0 Å². The van der Waals surface area contributed by atoms with E-state index in [2.05, 4.69) is 0 Å². The molecule has 0 unspecified atom stereocenters. The number of carbonyl (C=O) groups excluding carboxylic acids is 1. The second-order valence-corrected chi connectivity index (χ2v) is 3.12. The van der Waals surface area contributed by atoms with Crippen LogP contribution in [0.5, 0.6) is 0 Å². The molecule has 0 radical (unpaired) electrons. The van der Waals surface area contributed by atoms with Crippen LogP contribution in [0.2, 0.25) is 0 Å². The number of carbonyl (C=O) groups is 1. The van der Waals surface area contributed by atoms with Crippen LogP contribution in [-0.4, -0.2) is 25.8 Å². The fourth-order valence-electron chi connectivity index (χ4n) is 0.802. The highest BCUT2D eigenvalue weighted by molar-refractivity contribution is 7.08. The maximum absolute atomic E-state index is 11.2. The van der Waals surface area contributed by atoms with Crippen molar-refractivity contribution in [2.24, 2.45) is 0 Å². The lowest BCUT2D eigenvalue weighted by Crippen LogP contribution is -2.09. The minimum atomic E-state index is -0.277. The molecule has 1 aromatic heterocycles. The van der Waals surface area contributed by atoms with Crippen LogP contribution in [-0.2, 0) is 9.47 Å². The van der Waals surface area contributed by atoms with Crippen LogP contribution in [0.4, 0.5) is 0 Å². The van der Waals surface area contributed by atoms with E-state index in [0.717, 1.165) is 0 Å². The standard InChI is InChI=1S/C9H12O3S/c1-2-11-4-5-12-9(10)8-3-6-13-7-8/h3,6-7H,2,4-5H2,1H3. The van der Waals surface area contributed by atoms with Crippen molar-refractivity contribution < 1.29 is 14.3 Å². The molecule has 0 amide bonds. The van der Waals surface area contributed by atoms with Crippen LogP contribution in [0.15, 0.2) is 16.8 Å². The van der Waals surface area contributed by atoms with Gasteiger partial charge in [0.25, 0.3) is 0 Å². The Bertz CT molecular complexity index is 243. The van der Waals surface area contributed by atoms with E-state index < -0.39 is 0 Å². The third-order valence-electron chi connectivity index (χ3n) is 1.42. The van der Waals surface area contributed by atoms with Crippen LogP contribution in [0.1, 0.15) is 17.3 Å². The lowest BCUT2D eigenvalue weighted by Gasteiger charge is -2.02. The summed E-state index contributed by atoms with van der Waals surface area (Å²) in [4.78, 5) is 11.2. The smallest absolute Gasteiger partial charge is 0.339 e. The van der Waals surface area contributed by atoms with Gasteiger partial charge >= 0.3 is 5.97 Å². The maximum atomic E-state index is 11.2. The first kappa shape index (κ1) is 10.2. The van der Waals surface area contributed by atoms with Gasteiger partial charge in [-0.15, -0.1) is 0 Å². The van der Waals surface area contributed by atoms with Gasteiger partial charge in [-0.25, -0.2) is 4.79 Å². The summed E-state index contributed by atoms with van der Waals surface area (Å²) in [6.07, 6.45) is 0. The SMILES string of the molecule is CCOCCOC(=O)c1ccsc1. The van der Waals surface area contributed by atoms with Crippen LogP contribution in [0.3, 0.4) is 0 Å². The number of hydrogen-bond donors (Lipinski definition) is 0. The summed E-state index contributed by atoms with van der Waals surface area (Å²) in [5.74, 6) is -0.277. The highest BCUT2D eigenvalue weighted by atomic mass is 32.1. The van der Waals surface area contributed by atoms with Gasteiger partial charge in [0.2, 0.25) is 0 Å². The first-order chi connectivity index (χ1) is 6.34. The summed E-state index contributed by atoms with van der Waals surface area (Å²) in [7, 11) is 0. The van der Waals surface area contributed by atoms with Gasteiger partial charge in [0.1, 0.15) is 6.61 Å². The van der Waals surface area contributed by atoms with Gasteiger partial charge in [-0.1, -0.05) is 0 Å². The fraction of sp³-hybridized carbons (Fsp3) is 0.444. The topological polar surface area (TPSA) is 35.5 Å². The lowest BCUT2D eigenvalue weighted by atomic mass is 10.3. The Balaban J connectivity index is 2.19. The van der Waals surface area contributed by atoms with Crippen LogP contribution < -0.4 is 0 Å². The highest BCUT2D eigenvalue weighted by Gasteiger charge is 2.05.